The first kappa shape index (κ1) is 13.6. The minimum atomic E-state index is -0.145. The summed E-state index contributed by atoms with van der Waals surface area (Å²) in [6, 6.07) is 8.77. The van der Waals surface area contributed by atoms with Gasteiger partial charge in [0.1, 0.15) is 0 Å². The summed E-state index contributed by atoms with van der Waals surface area (Å²) in [5, 5.41) is 10.2. The second kappa shape index (κ2) is 5.44. The van der Waals surface area contributed by atoms with Gasteiger partial charge in [0.25, 0.3) is 0 Å². The maximum atomic E-state index is 10.2. The monoisotopic (exact) mass is 246 g/mol. The van der Waals surface area contributed by atoms with E-state index in [0.29, 0.717) is 5.92 Å². The molecule has 1 N–H and O–H groups in total. The van der Waals surface area contributed by atoms with Gasteiger partial charge in [0.2, 0.25) is 0 Å². The summed E-state index contributed by atoms with van der Waals surface area (Å²) in [6.45, 7) is 6.69. The third-order valence-corrected chi connectivity index (χ3v) is 4.21. The first-order valence-electron chi connectivity index (χ1n) is 7.24. The second-order valence-electron chi connectivity index (χ2n) is 6.76. The third kappa shape index (κ3) is 3.35. The molecule has 1 saturated carbocycles. The van der Waals surface area contributed by atoms with Crippen LogP contribution in [0.3, 0.4) is 0 Å². The fraction of sp³-hybridized carbons (Fsp3) is 0.647. The van der Waals surface area contributed by atoms with Crippen molar-refractivity contribution >= 4 is 0 Å². The molecule has 0 radical (unpaired) electrons. The fourth-order valence-corrected chi connectivity index (χ4v) is 2.89. The predicted molar refractivity (Wildman–Crippen MR) is 76.8 cm³/mol. The van der Waals surface area contributed by atoms with Crippen LogP contribution in [0.15, 0.2) is 24.3 Å². The molecule has 100 valence electrons. The zero-order valence-electron chi connectivity index (χ0n) is 11.9. The highest BCUT2D eigenvalue weighted by atomic mass is 16.3. The topological polar surface area (TPSA) is 20.2 Å². The van der Waals surface area contributed by atoms with Gasteiger partial charge in [-0.2, -0.15) is 0 Å². The van der Waals surface area contributed by atoms with Gasteiger partial charge in [0, 0.05) is 0 Å². The normalized spacial score (nSPS) is 19.1. The quantitative estimate of drug-likeness (QED) is 0.852. The highest BCUT2D eigenvalue weighted by Gasteiger charge is 2.23. The van der Waals surface area contributed by atoms with E-state index in [0.717, 1.165) is 6.42 Å². The van der Waals surface area contributed by atoms with Gasteiger partial charge in [-0.1, -0.05) is 57.9 Å². The zero-order valence-corrected chi connectivity index (χ0v) is 11.9. The van der Waals surface area contributed by atoms with Crippen LogP contribution in [0.4, 0.5) is 0 Å². The van der Waals surface area contributed by atoms with Crippen molar-refractivity contribution in [2.24, 2.45) is 5.92 Å². The second-order valence-corrected chi connectivity index (χ2v) is 6.76. The Balaban J connectivity index is 1.97. The Bertz CT molecular complexity index is 366. The number of aliphatic hydroxyl groups is 1. The first-order chi connectivity index (χ1) is 8.47. The van der Waals surface area contributed by atoms with Gasteiger partial charge >= 0.3 is 0 Å². The van der Waals surface area contributed by atoms with Crippen LogP contribution in [0.25, 0.3) is 0 Å². The summed E-state index contributed by atoms with van der Waals surface area (Å²) < 4.78 is 0. The van der Waals surface area contributed by atoms with Crippen molar-refractivity contribution < 1.29 is 5.11 Å². The first-order valence-corrected chi connectivity index (χ1v) is 7.24. The van der Waals surface area contributed by atoms with Crippen molar-refractivity contribution in [1.29, 1.82) is 0 Å². The summed E-state index contributed by atoms with van der Waals surface area (Å²) in [6.07, 6.45) is 5.68. The Morgan fingerprint density at radius 3 is 2.17 bits per heavy atom. The molecule has 0 aromatic heterocycles. The molecule has 0 spiro atoms. The predicted octanol–water partition coefficient (Wildman–Crippen LogP) is 4.08. The van der Waals surface area contributed by atoms with Crippen LogP contribution >= 0.6 is 0 Å². The molecule has 0 aliphatic heterocycles. The van der Waals surface area contributed by atoms with E-state index >= 15 is 0 Å². The van der Waals surface area contributed by atoms with Crippen molar-refractivity contribution in [1.82, 2.24) is 0 Å². The summed E-state index contributed by atoms with van der Waals surface area (Å²) in [5.41, 5.74) is 2.84. The lowest BCUT2D eigenvalue weighted by Gasteiger charge is -2.21. The lowest BCUT2D eigenvalue weighted by Crippen LogP contribution is -2.20. The molecule has 1 unspecified atom stereocenters. The van der Waals surface area contributed by atoms with Crippen molar-refractivity contribution in [3.63, 3.8) is 0 Å². The summed E-state index contributed by atoms with van der Waals surface area (Å²) >= 11 is 0. The molecule has 0 heterocycles. The average Bonchev–Trinajstić information content (AvgIpc) is 2.82. The molecule has 1 atom stereocenters. The smallest absolute Gasteiger partial charge is 0.0608 e. The van der Waals surface area contributed by atoms with E-state index in [4.69, 9.17) is 0 Å². The van der Waals surface area contributed by atoms with Crippen LogP contribution in [0.2, 0.25) is 0 Å². The molecule has 2 rings (SSSR count). The molecule has 1 aromatic rings. The lowest BCUT2D eigenvalue weighted by molar-refractivity contribution is 0.111. The summed E-state index contributed by atoms with van der Waals surface area (Å²) in [4.78, 5) is 0. The van der Waals surface area contributed by atoms with Gasteiger partial charge in [-0.05, 0) is 41.7 Å². The van der Waals surface area contributed by atoms with Crippen molar-refractivity contribution in [3.8, 4) is 0 Å². The average molecular weight is 246 g/mol. The number of hydrogen-bond acceptors (Lipinski definition) is 1. The van der Waals surface area contributed by atoms with Crippen molar-refractivity contribution in [2.45, 2.75) is 64.4 Å². The molecular weight excluding hydrogens is 220 g/mol. The molecule has 18 heavy (non-hydrogen) atoms. The molecule has 0 saturated heterocycles. The highest BCUT2D eigenvalue weighted by Crippen LogP contribution is 2.29. The van der Waals surface area contributed by atoms with Crippen molar-refractivity contribution in [3.05, 3.63) is 35.4 Å². The third-order valence-electron chi connectivity index (χ3n) is 4.21. The molecular formula is C17H26O. The van der Waals surface area contributed by atoms with E-state index in [1.807, 2.05) is 0 Å². The summed E-state index contributed by atoms with van der Waals surface area (Å²) in [7, 11) is 0. The standard InChI is InChI=1S/C17H26O/c1-17(2,3)15-10-8-13(9-11-15)12-16(18)14-6-4-5-7-14/h8-11,14,16,18H,4-7,12H2,1-3H3. The number of aliphatic hydroxyl groups excluding tert-OH is 1. The Kier molecular flexibility index (Phi) is 4.11. The fourth-order valence-electron chi connectivity index (χ4n) is 2.89. The zero-order chi connectivity index (χ0) is 13.2. The van der Waals surface area contributed by atoms with E-state index in [-0.39, 0.29) is 11.5 Å². The largest absolute Gasteiger partial charge is 0.392 e. The maximum Gasteiger partial charge on any atom is 0.0608 e. The van der Waals surface area contributed by atoms with Gasteiger partial charge in [0.15, 0.2) is 0 Å². The molecule has 1 aliphatic rings. The Morgan fingerprint density at radius 1 is 1.11 bits per heavy atom. The Hall–Kier alpha value is -0.820. The van der Waals surface area contributed by atoms with Crippen LogP contribution in [0, 0.1) is 5.92 Å². The van der Waals surface area contributed by atoms with Crippen LogP contribution in [-0.4, -0.2) is 11.2 Å². The Labute approximate surface area is 111 Å². The van der Waals surface area contributed by atoms with Gasteiger partial charge in [-0.3, -0.25) is 0 Å². The lowest BCUT2D eigenvalue weighted by atomic mass is 9.86. The minimum absolute atomic E-state index is 0.145. The number of rotatable bonds is 3. The van der Waals surface area contributed by atoms with E-state index in [9.17, 15) is 5.11 Å². The van der Waals surface area contributed by atoms with Gasteiger partial charge in [-0.25, -0.2) is 0 Å². The van der Waals surface area contributed by atoms with Gasteiger partial charge < -0.3 is 5.11 Å². The maximum absolute atomic E-state index is 10.2. The van der Waals surface area contributed by atoms with Crippen LogP contribution in [0.1, 0.15) is 57.6 Å². The molecule has 1 heteroatoms. The van der Waals surface area contributed by atoms with Crippen LogP contribution in [0.5, 0.6) is 0 Å². The van der Waals surface area contributed by atoms with Gasteiger partial charge in [-0.15, -0.1) is 0 Å². The highest BCUT2D eigenvalue weighted by molar-refractivity contribution is 5.27. The molecule has 1 aromatic carbocycles. The summed E-state index contributed by atoms with van der Waals surface area (Å²) in [5.74, 6) is 0.535. The number of benzene rings is 1. The van der Waals surface area contributed by atoms with Crippen LogP contribution in [-0.2, 0) is 11.8 Å². The van der Waals surface area contributed by atoms with E-state index < -0.39 is 0 Å². The van der Waals surface area contributed by atoms with Gasteiger partial charge in [0.05, 0.1) is 6.10 Å². The van der Waals surface area contributed by atoms with E-state index in [1.54, 1.807) is 0 Å². The molecule has 1 nitrogen and oxygen atoms in total. The Morgan fingerprint density at radius 2 is 1.67 bits per heavy atom. The van der Waals surface area contributed by atoms with Crippen LogP contribution < -0.4 is 0 Å². The molecule has 0 bridgehead atoms. The number of hydrogen-bond donors (Lipinski definition) is 1. The molecule has 0 amide bonds. The minimum Gasteiger partial charge on any atom is -0.392 e. The molecule has 1 fully saturated rings. The van der Waals surface area contributed by atoms with E-state index in [2.05, 4.69) is 45.0 Å². The van der Waals surface area contributed by atoms with Crippen molar-refractivity contribution in [2.75, 3.05) is 0 Å². The van der Waals surface area contributed by atoms with E-state index in [1.165, 1.54) is 36.8 Å². The molecule has 1 aliphatic carbocycles. The SMILES string of the molecule is CC(C)(C)c1ccc(CC(O)C2CCCC2)cc1.